The van der Waals surface area contributed by atoms with Crippen LogP contribution in [0.15, 0.2) is 0 Å². The standard InChI is InChI=1S/C15H26N2O4/c1-12-5-3-6-15(11-12)13(18)16-14(19)17(15)7-10-21-9-4-8-20-2/h12H,3-11H2,1-2H3,(H,16,18,19). The number of imide groups is 1. The smallest absolute Gasteiger partial charge is 0.325 e. The Labute approximate surface area is 126 Å². The molecule has 0 aromatic carbocycles. The molecule has 120 valence electrons. The summed E-state index contributed by atoms with van der Waals surface area (Å²) in [5.41, 5.74) is -0.634. The molecule has 2 fully saturated rings. The second-order valence-corrected chi connectivity index (χ2v) is 6.10. The Hall–Kier alpha value is -1.14. The molecule has 1 heterocycles. The number of hydrogen-bond donors (Lipinski definition) is 1. The lowest BCUT2D eigenvalue weighted by Crippen LogP contribution is -2.53. The maximum atomic E-state index is 12.3. The van der Waals surface area contributed by atoms with Gasteiger partial charge in [0, 0.05) is 26.9 Å². The second kappa shape index (κ2) is 7.22. The van der Waals surface area contributed by atoms with Crippen LogP contribution in [0.4, 0.5) is 4.79 Å². The van der Waals surface area contributed by atoms with Gasteiger partial charge in [-0.3, -0.25) is 10.1 Å². The number of urea groups is 1. The quantitative estimate of drug-likeness (QED) is 0.572. The first kappa shape index (κ1) is 16.2. The summed E-state index contributed by atoms with van der Waals surface area (Å²) >= 11 is 0. The Morgan fingerprint density at radius 1 is 1.33 bits per heavy atom. The Balaban J connectivity index is 1.89. The summed E-state index contributed by atoms with van der Waals surface area (Å²) in [5.74, 6) is 0.346. The van der Waals surface area contributed by atoms with Crippen molar-refractivity contribution >= 4 is 11.9 Å². The zero-order valence-corrected chi connectivity index (χ0v) is 13.0. The van der Waals surface area contributed by atoms with Crippen molar-refractivity contribution in [3.8, 4) is 0 Å². The van der Waals surface area contributed by atoms with Gasteiger partial charge in [0.1, 0.15) is 5.54 Å². The predicted molar refractivity (Wildman–Crippen MR) is 77.9 cm³/mol. The maximum Gasteiger partial charge on any atom is 0.325 e. The lowest BCUT2D eigenvalue weighted by atomic mass is 9.75. The van der Waals surface area contributed by atoms with Crippen molar-refractivity contribution < 1.29 is 19.1 Å². The first-order chi connectivity index (χ1) is 10.1. The molecule has 2 atom stereocenters. The van der Waals surface area contributed by atoms with E-state index in [1.54, 1.807) is 12.0 Å². The summed E-state index contributed by atoms with van der Waals surface area (Å²) in [6.45, 7) is 4.36. The molecule has 1 saturated heterocycles. The number of carbonyl (C=O) groups excluding carboxylic acids is 2. The van der Waals surface area contributed by atoms with Crippen LogP contribution < -0.4 is 5.32 Å². The average Bonchev–Trinajstić information content (AvgIpc) is 2.66. The van der Waals surface area contributed by atoms with E-state index >= 15 is 0 Å². The molecule has 2 rings (SSSR count). The van der Waals surface area contributed by atoms with Crippen LogP contribution in [0.5, 0.6) is 0 Å². The summed E-state index contributed by atoms with van der Waals surface area (Å²) in [6, 6.07) is -0.269. The van der Waals surface area contributed by atoms with Gasteiger partial charge < -0.3 is 14.4 Å². The van der Waals surface area contributed by atoms with Gasteiger partial charge in [-0.1, -0.05) is 19.8 Å². The van der Waals surface area contributed by atoms with Crippen molar-refractivity contribution in [2.75, 3.05) is 33.5 Å². The van der Waals surface area contributed by atoms with Crippen molar-refractivity contribution in [3.05, 3.63) is 0 Å². The summed E-state index contributed by atoms with van der Waals surface area (Å²) in [6.07, 6.45) is 4.48. The van der Waals surface area contributed by atoms with Crippen molar-refractivity contribution in [2.24, 2.45) is 5.92 Å². The van der Waals surface area contributed by atoms with Crippen molar-refractivity contribution in [1.82, 2.24) is 10.2 Å². The zero-order chi connectivity index (χ0) is 15.3. The van der Waals surface area contributed by atoms with Gasteiger partial charge in [0.05, 0.1) is 6.61 Å². The molecule has 21 heavy (non-hydrogen) atoms. The van der Waals surface area contributed by atoms with Gasteiger partial charge in [-0.15, -0.1) is 0 Å². The maximum absolute atomic E-state index is 12.3. The molecule has 0 bridgehead atoms. The molecule has 0 radical (unpaired) electrons. The number of amides is 3. The summed E-state index contributed by atoms with van der Waals surface area (Å²) in [7, 11) is 1.66. The monoisotopic (exact) mass is 298 g/mol. The molecule has 2 aliphatic rings. The van der Waals surface area contributed by atoms with Gasteiger partial charge >= 0.3 is 6.03 Å². The number of nitrogens with zero attached hydrogens (tertiary/aromatic N) is 1. The average molecular weight is 298 g/mol. The molecule has 6 heteroatoms. The molecule has 1 spiro atoms. The van der Waals surface area contributed by atoms with E-state index in [0.717, 1.165) is 32.1 Å². The minimum Gasteiger partial charge on any atom is -0.385 e. The molecule has 0 aromatic heterocycles. The minimum absolute atomic E-state index is 0.126. The third-order valence-corrected chi connectivity index (χ3v) is 4.47. The molecule has 0 aromatic rings. The molecule has 1 saturated carbocycles. The highest BCUT2D eigenvalue weighted by molar-refractivity contribution is 6.07. The molecular weight excluding hydrogens is 272 g/mol. The molecular formula is C15H26N2O4. The van der Waals surface area contributed by atoms with Crippen LogP contribution >= 0.6 is 0 Å². The number of nitrogens with one attached hydrogen (secondary N) is 1. The number of hydrogen-bond acceptors (Lipinski definition) is 4. The van der Waals surface area contributed by atoms with Crippen molar-refractivity contribution in [3.63, 3.8) is 0 Å². The first-order valence-electron chi connectivity index (χ1n) is 7.80. The summed E-state index contributed by atoms with van der Waals surface area (Å²) < 4.78 is 10.5. The molecule has 1 aliphatic heterocycles. The van der Waals surface area contributed by atoms with E-state index in [-0.39, 0.29) is 11.9 Å². The van der Waals surface area contributed by atoms with Crippen LogP contribution in [0.25, 0.3) is 0 Å². The van der Waals surface area contributed by atoms with Crippen LogP contribution in [-0.2, 0) is 14.3 Å². The van der Waals surface area contributed by atoms with E-state index in [9.17, 15) is 9.59 Å². The normalized spacial score (nSPS) is 29.2. The van der Waals surface area contributed by atoms with E-state index in [1.807, 2.05) is 0 Å². The highest BCUT2D eigenvalue weighted by Crippen LogP contribution is 2.39. The topological polar surface area (TPSA) is 67.9 Å². The summed E-state index contributed by atoms with van der Waals surface area (Å²) in [5, 5.41) is 2.48. The lowest BCUT2D eigenvalue weighted by Gasteiger charge is -2.40. The second-order valence-electron chi connectivity index (χ2n) is 6.10. The molecule has 6 nitrogen and oxygen atoms in total. The molecule has 2 unspecified atom stereocenters. The third-order valence-electron chi connectivity index (χ3n) is 4.47. The Morgan fingerprint density at radius 3 is 2.86 bits per heavy atom. The number of methoxy groups -OCH3 is 1. The Morgan fingerprint density at radius 2 is 2.14 bits per heavy atom. The molecule has 3 amide bonds. The van der Waals surface area contributed by atoms with Gasteiger partial charge in [-0.05, 0) is 25.2 Å². The Kier molecular flexibility index (Phi) is 5.58. The molecule has 1 aliphatic carbocycles. The Bertz CT molecular complexity index is 388. The van der Waals surface area contributed by atoms with E-state index in [1.165, 1.54) is 0 Å². The fraction of sp³-hybridized carbons (Fsp3) is 0.867. The van der Waals surface area contributed by atoms with Crippen molar-refractivity contribution in [1.29, 1.82) is 0 Å². The van der Waals surface area contributed by atoms with E-state index < -0.39 is 5.54 Å². The van der Waals surface area contributed by atoms with Gasteiger partial charge in [-0.2, -0.15) is 0 Å². The third kappa shape index (κ3) is 3.55. The zero-order valence-electron chi connectivity index (χ0n) is 13.0. The van der Waals surface area contributed by atoms with Crippen molar-refractivity contribution in [2.45, 2.75) is 44.6 Å². The van der Waals surface area contributed by atoms with Gasteiger partial charge in [0.25, 0.3) is 5.91 Å². The van der Waals surface area contributed by atoms with Crippen LogP contribution in [0.2, 0.25) is 0 Å². The number of rotatable bonds is 7. The number of carbonyl (C=O) groups is 2. The van der Waals surface area contributed by atoms with E-state index in [4.69, 9.17) is 9.47 Å². The highest BCUT2D eigenvalue weighted by atomic mass is 16.5. The fourth-order valence-electron chi connectivity index (χ4n) is 3.45. The van der Waals surface area contributed by atoms with Crippen LogP contribution in [0.1, 0.15) is 39.0 Å². The van der Waals surface area contributed by atoms with Gasteiger partial charge in [0.15, 0.2) is 0 Å². The largest absolute Gasteiger partial charge is 0.385 e. The lowest BCUT2D eigenvalue weighted by molar-refractivity contribution is -0.129. The predicted octanol–water partition coefficient (Wildman–Crippen LogP) is 1.54. The fourth-order valence-corrected chi connectivity index (χ4v) is 3.45. The van der Waals surface area contributed by atoms with Gasteiger partial charge in [0.2, 0.25) is 0 Å². The van der Waals surface area contributed by atoms with E-state index in [2.05, 4.69) is 12.2 Å². The van der Waals surface area contributed by atoms with Crippen LogP contribution in [0, 0.1) is 5.92 Å². The number of ether oxygens (including phenoxy) is 2. The minimum atomic E-state index is -0.634. The summed E-state index contributed by atoms with van der Waals surface area (Å²) in [4.78, 5) is 26.0. The first-order valence-corrected chi connectivity index (χ1v) is 7.80. The SMILES string of the molecule is COCCCOCCN1C(=O)NC(=O)C12CCCC(C)C2. The highest BCUT2D eigenvalue weighted by Gasteiger charge is 2.53. The molecule has 1 N–H and O–H groups in total. The van der Waals surface area contributed by atoms with Gasteiger partial charge in [-0.25, -0.2) is 4.79 Å². The van der Waals surface area contributed by atoms with E-state index in [0.29, 0.717) is 32.3 Å². The van der Waals surface area contributed by atoms with Crippen LogP contribution in [-0.4, -0.2) is 55.9 Å². The van der Waals surface area contributed by atoms with Crippen LogP contribution in [0.3, 0.4) is 0 Å².